The van der Waals surface area contributed by atoms with Crippen molar-refractivity contribution in [1.82, 2.24) is 0 Å². The summed E-state index contributed by atoms with van der Waals surface area (Å²) in [5, 5.41) is 4.26. The van der Waals surface area contributed by atoms with Crippen molar-refractivity contribution in [3.8, 4) is 0 Å². The number of benzene rings is 2. The molecule has 0 aliphatic heterocycles. The van der Waals surface area contributed by atoms with Crippen LogP contribution in [-0.4, -0.2) is 0 Å². The van der Waals surface area contributed by atoms with Gasteiger partial charge in [-0.05, 0) is 47.2 Å². The lowest BCUT2D eigenvalue weighted by molar-refractivity contribution is 0.728. The zero-order valence-electron chi connectivity index (χ0n) is 11.2. The van der Waals surface area contributed by atoms with Gasteiger partial charge < -0.3 is 0 Å². The molecule has 0 spiro atoms. The van der Waals surface area contributed by atoms with E-state index in [1.807, 2.05) is 11.3 Å². The Morgan fingerprint density at radius 3 is 2.79 bits per heavy atom. The lowest BCUT2D eigenvalue weighted by Gasteiger charge is -2.12. The van der Waals surface area contributed by atoms with E-state index in [4.69, 9.17) is 0 Å². The third-order valence-corrected chi connectivity index (χ3v) is 5.29. The Morgan fingerprint density at radius 2 is 1.95 bits per heavy atom. The molecule has 1 heterocycles. The predicted molar refractivity (Wildman–Crippen MR) is 86.0 cm³/mol. The van der Waals surface area contributed by atoms with E-state index >= 15 is 0 Å². The van der Waals surface area contributed by atoms with E-state index in [9.17, 15) is 0 Å². The molecule has 1 aliphatic carbocycles. The Labute approximate surface area is 117 Å². The smallest absolute Gasteiger partial charge is 0.0361 e. The van der Waals surface area contributed by atoms with Crippen molar-refractivity contribution in [2.45, 2.75) is 20.3 Å². The molecule has 1 heteroatoms. The molecular weight excluding hydrogens is 248 g/mol. The quantitative estimate of drug-likeness (QED) is 0.498. The van der Waals surface area contributed by atoms with Crippen LogP contribution in [0.2, 0.25) is 0 Å². The van der Waals surface area contributed by atoms with Gasteiger partial charge in [0.1, 0.15) is 0 Å². The van der Waals surface area contributed by atoms with Crippen molar-refractivity contribution in [3.05, 3.63) is 52.4 Å². The van der Waals surface area contributed by atoms with Crippen molar-refractivity contribution < 1.29 is 0 Å². The molecule has 3 aromatic rings. The molecule has 2 aromatic carbocycles. The Kier molecular flexibility index (Phi) is 2.33. The Balaban J connectivity index is 2.20. The summed E-state index contributed by atoms with van der Waals surface area (Å²) in [5.41, 5.74) is 2.85. The minimum Gasteiger partial charge on any atom is -0.140 e. The van der Waals surface area contributed by atoms with Gasteiger partial charge in [0, 0.05) is 15.0 Å². The lowest BCUT2D eigenvalue weighted by atomic mass is 9.93. The fraction of sp³-hybridized carbons (Fsp3) is 0.222. The average Bonchev–Trinajstić information content (AvgIpc) is 2.76. The molecule has 0 radical (unpaired) electrons. The zero-order valence-corrected chi connectivity index (χ0v) is 12.1. The van der Waals surface area contributed by atoms with Gasteiger partial charge in [-0.3, -0.25) is 0 Å². The molecule has 0 bridgehead atoms. The summed E-state index contributed by atoms with van der Waals surface area (Å²) in [6, 6.07) is 11.2. The van der Waals surface area contributed by atoms with Crippen LogP contribution >= 0.6 is 11.3 Å². The Hall–Kier alpha value is -1.60. The minimum absolute atomic E-state index is 0.674. The first-order valence-electron chi connectivity index (χ1n) is 6.86. The largest absolute Gasteiger partial charge is 0.140 e. The molecule has 0 nitrogen and oxygen atoms in total. The molecule has 4 rings (SSSR count). The van der Waals surface area contributed by atoms with E-state index in [1.54, 1.807) is 4.88 Å². The summed E-state index contributed by atoms with van der Waals surface area (Å²) in [6.07, 6.45) is 5.88. The maximum atomic E-state index is 2.36. The van der Waals surface area contributed by atoms with Gasteiger partial charge in [0.2, 0.25) is 0 Å². The van der Waals surface area contributed by atoms with Crippen LogP contribution in [0.15, 0.2) is 36.4 Å². The van der Waals surface area contributed by atoms with Crippen LogP contribution in [0.5, 0.6) is 0 Å². The van der Waals surface area contributed by atoms with Crippen molar-refractivity contribution >= 4 is 38.3 Å². The summed E-state index contributed by atoms with van der Waals surface area (Å²) >= 11 is 1.98. The monoisotopic (exact) mass is 264 g/mol. The first-order valence-corrected chi connectivity index (χ1v) is 7.67. The second-order valence-electron chi connectivity index (χ2n) is 5.59. The number of hydrogen-bond acceptors (Lipinski definition) is 1. The van der Waals surface area contributed by atoms with E-state index in [0.717, 1.165) is 0 Å². The number of aryl methyl sites for hydroxylation is 1. The van der Waals surface area contributed by atoms with Gasteiger partial charge in [-0.2, -0.15) is 0 Å². The van der Waals surface area contributed by atoms with Crippen molar-refractivity contribution in [2.24, 2.45) is 5.92 Å². The molecule has 1 aliphatic rings. The lowest BCUT2D eigenvalue weighted by Crippen LogP contribution is -1.99. The predicted octanol–water partition coefficient (Wildman–Crippen LogP) is 5.57. The molecule has 0 unspecified atom stereocenters. The molecule has 1 aromatic heterocycles. The maximum absolute atomic E-state index is 2.36. The molecule has 0 N–H and O–H groups in total. The highest BCUT2D eigenvalue weighted by Crippen LogP contribution is 2.41. The van der Waals surface area contributed by atoms with E-state index in [1.165, 1.54) is 38.4 Å². The van der Waals surface area contributed by atoms with E-state index < -0.39 is 0 Å². The van der Waals surface area contributed by atoms with E-state index in [2.05, 4.69) is 56.3 Å². The van der Waals surface area contributed by atoms with Crippen LogP contribution < -0.4 is 0 Å². The number of hydrogen-bond donors (Lipinski definition) is 0. The van der Waals surface area contributed by atoms with Crippen LogP contribution in [-0.2, 0) is 6.42 Å². The van der Waals surface area contributed by atoms with Crippen LogP contribution in [0.4, 0.5) is 0 Å². The highest BCUT2D eigenvalue weighted by Gasteiger charge is 2.18. The van der Waals surface area contributed by atoms with Crippen molar-refractivity contribution in [3.63, 3.8) is 0 Å². The molecule has 19 heavy (non-hydrogen) atoms. The fourth-order valence-corrected chi connectivity index (χ4v) is 4.61. The zero-order chi connectivity index (χ0) is 13.0. The number of fused-ring (bicyclic) bond motifs is 5. The minimum atomic E-state index is 0.674. The SMILES string of the molecule is Cc1cc2sc3c(c2c2ccccc12)C=C[C@@H](C)C3. The molecule has 0 saturated carbocycles. The van der Waals surface area contributed by atoms with Gasteiger partial charge in [0.05, 0.1) is 0 Å². The highest BCUT2D eigenvalue weighted by molar-refractivity contribution is 7.19. The summed E-state index contributed by atoms with van der Waals surface area (Å²) in [7, 11) is 0. The maximum Gasteiger partial charge on any atom is 0.0361 e. The number of allylic oxidation sites excluding steroid dienone is 1. The molecule has 94 valence electrons. The normalized spacial score (nSPS) is 18.1. The Bertz CT molecular complexity index is 820. The fourth-order valence-electron chi connectivity index (χ4n) is 3.16. The summed E-state index contributed by atoms with van der Waals surface area (Å²) in [5.74, 6) is 0.674. The Morgan fingerprint density at radius 1 is 1.16 bits per heavy atom. The number of thiophene rings is 1. The van der Waals surface area contributed by atoms with Crippen LogP contribution in [0.3, 0.4) is 0 Å². The second kappa shape index (κ2) is 3.94. The molecule has 0 fully saturated rings. The summed E-state index contributed by atoms with van der Waals surface area (Å²) in [4.78, 5) is 1.56. The van der Waals surface area contributed by atoms with Crippen LogP contribution in [0.1, 0.15) is 22.9 Å². The van der Waals surface area contributed by atoms with E-state index in [0.29, 0.717) is 5.92 Å². The topological polar surface area (TPSA) is 0 Å². The third-order valence-electron chi connectivity index (χ3n) is 4.12. The van der Waals surface area contributed by atoms with Crippen molar-refractivity contribution in [1.29, 1.82) is 0 Å². The summed E-state index contributed by atoms with van der Waals surface area (Å²) in [6.45, 7) is 4.52. The third kappa shape index (κ3) is 1.58. The van der Waals surface area contributed by atoms with Gasteiger partial charge >= 0.3 is 0 Å². The average molecular weight is 264 g/mol. The van der Waals surface area contributed by atoms with Gasteiger partial charge in [0.15, 0.2) is 0 Å². The molecule has 0 saturated heterocycles. The van der Waals surface area contributed by atoms with Gasteiger partial charge in [-0.25, -0.2) is 0 Å². The molecular formula is C18H16S. The van der Waals surface area contributed by atoms with Gasteiger partial charge in [-0.1, -0.05) is 43.3 Å². The molecule has 1 atom stereocenters. The van der Waals surface area contributed by atoms with Crippen molar-refractivity contribution in [2.75, 3.05) is 0 Å². The second-order valence-corrected chi connectivity index (χ2v) is 6.73. The first kappa shape index (κ1) is 11.2. The summed E-state index contributed by atoms with van der Waals surface area (Å²) < 4.78 is 1.44. The molecule has 0 amide bonds. The van der Waals surface area contributed by atoms with Crippen LogP contribution in [0.25, 0.3) is 26.9 Å². The van der Waals surface area contributed by atoms with Crippen LogP contribution in [0, 0.1) is 12.8 Å². The first-order chi connectivity index (χ1) is 9.24. The highest BCUT2D eigenvalue weighted by atomic mass is 32.1. The van der Waals surface area contributed by atoms with Gasteiger partial charge in [-0.15, -0.1) is 11.3 Å². The number of rotatable bonds is 0. The van der Waals surface area contributed by atoms with Gasteiger partial charge in [0.25, 0.3) is 0 Å². The van der Waals surface area contributed by atoms with E-state index in [-0.39, 0.29) is 0 Å². The standard InChI is InChI=1S/C18H16S/c1-11-7-8-15-16(9-11)19-17-10-12(2)13-5-3-4-6-14(13)18(15)17/h3-8,10-11H,9H2,1-2H3/t11-/m1/s1.